The van der Waals surface area contributed by atoms with Gasteiger partial charge >= 0.3 is 0 Å². The van der Waals surface area contributed by atoms with Gasteiger partial charge in [0.1, 0.15) is 5.82 Å². The fraction of sp³-hybridized carbons (Fsp3) is 0.500. The number of aliphatic hydroxyl groups excluding tert-OH is 1. The zero-order valence-corrected chi connectivity index (χ0v) is 11.0. The van der Waals surface area contributed by atoms with Crippen LogP contribution in [0.5, 0.6) is 0 Å². The quantitative estimate of drug-likeness (QED) is 0.835. The van der Waals surface area contributed by atoms with Crippen molar-refractivity contribution in [3.05, 3.63) is 35.1 Å². The number of halogens is 4. The Morgan fingerprint density at radius 3 is 2.33 bits per heavy atom. The Bertz CT molecular complexity index is 403. The van der Waals surface area contributed by atoms with Crippen LogP contribution in [0.25, 0.3) is 0 Å². The van der Waals surface area contributed by atoms with Crippen LogP contribution >= 0.6 is 12.4 Å². The van der Waals surface area contributed by atoms with Gasteiger partial charge in [-0.25, -0.2) is 13.2 Å². The van der Waals surface area contributed by atoms with E-state index in [0.29, 0.717) is 12.5 Å². The van der Waals surface area contributed by atoms with Crippen molar-refractivity contribution in [1.82, 2.24) is 0 Å². The van der Waals surface area contributed by atoms with E-state index in [-0.39, 0.29) is 23.9 Å². The molecular weight excluding hydrogens is 267 g/mol. The topological polar surface area (TPSA) is 46.2 Å². The van der Waals surface area contributed by atoms with Gasteiger partial charge < -0.3 is 10.8 Å². The Balaban J connectivity index is 0.00000289. The molecule has 0 radical (unpaired) electrons. The minimum Gasteiger partial charge on any atom is -0.391 e. The summed E-state index contributed by atoms with van der Waals surface area (Å²) in [5, 5.41) is 9.81. The lowest BCUT2D eigenvalue weighted by molar-refractivity contribution is 0.0864. The minimum atomic E-state index is -1.30. The molecule has 2 nitrogen and oxygen atoms in total. The van der Waals surface area contributed by atoms with Crippen molar-refractivity contribution >= 4 is 12.4 Å². The van der Waals surface area contributed by atoms with Crippen LogP contribution in [0.3, 0.4) is 0 Å². The maximum atomic E-state index is 13.4. The largest absolute Gasteiger partial charge is 0.391 e. The van der Waals surface area contributed by atoms with Crippen molar-refractivity contribution in [3.8, 4) is 0 Å². The van der Waals surface area contributed by atoms with Gasteiger partial charge in [0.05, 0.1) is 12.1 Å². The highest BCUT2D eigenvalue weighted by Crippen LogP contribution is 2.25. The lowest BCUT2D eigenvalue weighted by Crippen LogP contribution is -2.32. The van der Waals surface area contributed by atoms with Crippen LogP contribution < -0.4 is 5.73 Å². The van der Waals surface area contributed by atoms with E-state index in [1.807, 2.05) is 6.92 Å². The summed E-state index contributed by atoms with van der Waals surface area (Å²) in [7, 11) is 0. The van der Waals surface area contributed by atoms with Gasteiger partial charge in [0.25, 0.3) is 0 Å². The summed E-state index contributed by atoms with van der Waals surface area (Å²) in [6.07, 6.45) is -0.412. The molecule has 18 heavy (non-hydrogen) atoms. The second-order valence-electron chi connectivity index (χ2n) is 4.19. The Kier molecular flexibility index (Phi) is 6.67. The van der Waals surface area contributed by atoms with E-state index in [2.05, 4.69) is 0 Å². The van der Waals surface area contributed by atoms with E-state index < -0.39 is 29.6 Å². The van der Waals surface area contributed by atoms with Crippen LogP contribution in [0.15, 0.2) is 12.1 Å². The predicted molar refractivity (Wildman–Crippen MR) is 66.0 cm³/mol. The first-order valence-electron chi connectivity index (χ1n) is 5.46. The molecule has 0 fully saturated rings. The highest BCUT2D eigenvalue weighted by Gasteiger charge is 2.26. The molecule has 0 aliphatic heterocycles. The standard InChI is InChI=1S/C12H16F3NO.ClH/c1-3-6(2)12(17)11(16)8-4-7(13)5-9(14)10(8)15;/h4-6,11-12,17H,3,16H2,1-2H3;1H/t6?,11-,12+;/m1./s1. The van der Waals surface area contributed by atoms with Gasteiger partial charge in [0, 0.05) is 11.6 Å². The molecule has 1 aromatic rings. The van der Waals surface area contributed by atoms with E-state index in [1.54, 1.807) is 6.92 Å². The average molecular weight is 284 g/mol. The normalized spacial score (nSPS) is 15.7. The molecule has 6 heteroatoms. The monoisotopic (exact) mass is 283 g/mol. The fourth-order valence-corrected chi connectivity index (χ4v) is 1.60. The third-order valence-corrected chi connectivity index (χ3v) is 2.98. The number of hydrogen-bond acceptors (Lipinski definition) is 2. The summed E-state index contributed by atoms with van der Waals surface area (Å²) in [5.74, 6) is -3.60. The lowest BCUT2D eigenvalue weighted by Gasteiger charge is -2.24. The van der Waals surface area contributed by atoms with Crippen molar-refractivity contribution in [2.45, 2.75) is 32.4 Å². The first kappa shape index (κ1) is 17.2. The van der Waals surface area contributed by atoms with Crippen molar-refractivity contribution < 1.29 is 18.3 Å². The highest BCUT2D eigenvalue weighted by atomic mass is 35.5. The summed E-state index contributed by atoms with van der Waals surface area (Å²) in [6.45, 7) is 3.57. The first-order chi connectivity index (χ1) is 7.88. The van der Waals surface area contributed by atoms with Crippen LogP contribution in [-0.2, 0) is 0 Å². The van der Waals surface area contributed by atoms with E-state index in [9.17, 15) is 18.3 Å². The van der Waals surface area contributed by atoms with Crippen molar-refractivity contribution in [2.75, 3.05) is 0 Å². The van der Waals surface area contributed by atoms with Crippen LogP contribution in [0.1, 0.15) is 31.9 Å². The lowest BCUT2D eigenvalue weighted by atomic mass is 9.91. The second-order valence-corrected chi connectivity index (χ2v) is 4.19. The SMILES string of the molecule is CCC(C)[C@H](O)[C@H](N)c1cc(F)cc(F)c1F.Cl. The number of aliphatic hydroxyl groups is 1. The summed E-state index contributed by atoms with van der Waals surface area (Å²) in [6, 6.07) is 0.116. The fourth-order valence-electron chi connectivity index (χ4n) is 1.60. The number of benzene rings is 1. The summed E-state index contributed by atoms with van der Waals surface area (Å²) >= 11 is 0. The molecule has 104 valence electrons. The summed E-state index contributed by atoms with van der Waals surface area (Å²) in [4.78, 5) is 0. The van der Waals surface area contributed by atoms with Crippen LogP contribution in [0.2, 0.25) is 0 Å². The molecule has 0 aliphatic rings. The molecule has 0 aromatic heterocycles. The van der Waals surface area contributed by atoms with Gasteiger partial charge in [-0.05, 0) is 12.0 Å². The Morgan fingerprint density at radius 1 is 1.28 bits per heavy atom. The molecule has 0 saturated heterocycles. The first-order valence-corrected chi connectivity index (χ1v) is 5.46. The maximum Gasteiger partial charge on any atom is 0.163 e. The van der Waals surface area contributed by atoms with Crippen molar-refractivity contribution in [3.63, 3.8) is 0 Å². The molecule has 0 aliphatic carbocycles. The summed E-state index contributed by atoms with van der Waals surface area (Å²) < 4.78 is 39.4. The minimum absolute atomic E-state index is 0. The number of hydrogen-bond donors (Lipinski definition) is 2. The highest BCUT2D eigenvalue weighted by molar-refractivity contribution is 5.85. The molecule has 1 aromatic carbocycles. The molecule has 1 rings (SSSR count). The molecule has 0 bridgehead atoms. The number of nitrogens with two attached hydrogens (primary N) is 1. The maximum absolute atomic E-state index is 13.4. The zero-order valence-electron chi connectivity index (χ0n) is 10.2. The molecule has 3 atom stereocenters. The van der Waals surface area contributed by atoms with E-state index in [0.717, 1.165) is 6.07 Å². The average Bonchev–Trinajstić information content (AvgIpc) is 2.30. The van der Waals surface area contributed by atoms with Gasteiger partial charge in [0.15, 0.2) is 11.6 Å². The smallest absolute Gasteiger partial charge is 0.163 e. The predicted octanol–water partition coefficient (Wildman–Crippen LogP) is 2.93. The Morgan fingerprint density at radius 2 is 1.83 bits per heavy atom. The van der Waals surface area contributed by atoms with Crippen LogP contribution in [-0.4, -0.2) is 11.2 Å². The van der Waals surface area contributed by atoms with E-state index in [1.165, 1.54) is 0 Å². The molecule has 3 N–H and O–H groups in total. The molecular formula is C12H17ClF3NO. The number of rotatable bonds is 4. The Hall–Kier alpha value is -0.780. The van der Waals surface area contributed by atoms with Crippen LogP contribution in [0, 0.1) is 23.4 Å². The molecule has 0 spiro atoms. The van der Waals surface area contributed by atoms with E-state index in [4.69, 9.17) is 5.73 Å². The Labute approximate surface area is 110 Å². The zero-order chi connectivity index (χ0) is 13.2. The third kappa shape index (κ3) is 3.60. The van der Waals surface area contributed by atoms with Gasteiger partial charge in [0.2, 0.25) is 0 Å². The molecule has 1 unspecified atom stereocenters. The van der Waals surface area contributed by atoms with Gasteiger partial charge in [-0.2, -0.15) is 0 Å². The molecule has 0 saturated carbocycles. The van der Waals surface area contributed by atoms with E-state index >= 15 is 0 Å². The summed E-state index contributed by atoms with van der Waals surface area (Å²) in [5.41, 5.74) is 5.29. The van der Waals surface area contributed by atoms with Gasteiger partial charge in [-0.1, -0.05) is 20.3 Å². The molecule has 0 heterocycles. The van der Waals surface area contributed by atoms with Crippen LogP contribution in [0.4, 0.5) is 13.2 Å². The second kappa shape index (κ2) is 6.97. The van der Waals surface area contributed by atoms with Gasteiger partial charge in [-0.3, -0.25) is 0 Å². The van der Waals surface area contributed by atoms with Gasteiger partial charge in [-0.15, -0.1) is 12.4 Å². The third-order valence-electron chi connectivity index (χ3n) is 2.98. The van der Waals surface area contributed by atoms with Crippen molar-refractivity contribution in [1.29, 1.82) is 0 Å². The molecule has 0 amide bonds. The van der Waals surface area contributed by atoms with Crippen molar-refractivity contribution in [2.24, 2.45) is 11.7 Å².